The number of aromatic hydroxyl groups is 1. The van der Waals surface area contributed by atoms with E-state index in [-0.39, 0.29) is 29.5 Å². The van der Waals surface area contributed by atoms with Crippen molar-refractivity contribution >= 4 is 11.9 Å². The van der Waals surface area contributed by atoms with E-state index >= 15 is 0 Å². The van der Waals surface area contributed by atoms with Crippen LogP contribution in [0.3, 0.4) is 0 Å². The first kappa shape index (κ1) is 13.3. The number of nitrogens with zero attached hydrogens (tertiary/aromatic N) is 2. The zero-order valence-electron chi connectivity index (χ0n) is 10.9. The monoisotopic (exact) mass is 264 g/mol. The van der Waals surface area contributed by atoms with E-state index in [0.717, 1.165) is 0 Å². The van der Waals surface area contributed by atoms with E-state index in [0.29, 0.717) is 18.7 Å². The van der Waals surface area contributed by atoms with Crippen LogP contribution in [-0.2, 0) is 9.53 Å². The molecule has 1 fully saturated rings. The number of likely N-dealkylation sites (tertiary alicyclic amines) is 1. The van der Waals surface area contributed by atoms with Gasteiger partial charge in [-0.2, -0.15) is 0 Å². The van der Waals surface area contributed by atoms with E-state index in [1.807, 2.05) is 6.92 Å². The molecule has 0 spiro atoms. The van der Waals surface area contributed by atoms with Crippen LogP contribution in [0.4, 0.5) is 0 Å². The van der Waals surface area contributed by atoms with E-state index in [1.54, 1.807) is 4.90 Å². The second-order valence-electron chi connectivity index (χ2n) is 4.75. The molecule has 2 heterocycles. The van der Waals surface area contributed by atoms with Gasteiger partial charge in [0.15, 0.2) is 0 Å². The predicted molar refractivity (Wildman–Crippen MR) is 66.5 cm³/mol. The van der Waals surface area contributed by atoms with Crippen LogP contribution in [0.5, 0.6) is 5.75 Å². The summed E-state index contributed by atoms with van der Waals surface area (Å²) in [6.45, 7) is 2.74. The minimum atomic E-state index is -0.295. The molecule has 0 radical (unpaired) electrons. The summed E-state index contributed by atoms with van der Waals surface area (Å²) in [4.78, 5) is 29.2. The first-order valence-electron chi connectivity index (χ1n) is 6.04. The lowest BCUT2D eigenvalue weighted by Gasteiger charge is -2.15. The highest BCUT2D eigenvalue weighted by Crippen LogP contribution is 2.25. The number of esters is 1. The molecule has 6 heteroatoms. The third kappa shape index (κ3) is 2.67. The summed E-state index contributed by atoms with van der Waals surface area (Å²) in [6.07, 6.45) is 2.67. The molecule has 2 unspecified atom stereocenters. The summed E-state index contributed by atoms with van der Waals surface area (Å²) < 4.78 is 4.73. The molecule has 102 valence electrons. The minimum absolute atomic E-state index is 0.0531. The summed E-state index contributed by atoms with van der Waals surface area (Å²) in [6, 6.07) is 1.37. The summed E-state index contributed by atoms with van der Waals surface area (Å²) in [7, 11) is 1.35. The highest BCUT2D eigenvalue weighted by atomic mass is 16.5. The van der Waals surface area contributed by atoms with Crippen molar-refractivity contribution in [1.29, 1.82) is 0 Å². The second-order valence-corrected chi connectivity index (χ2v) is 4.75. The van der Waals surface area contributed by atoms with Gasteiger partial charge >= 0.3 is 5.97 Å². The Hall–Kier alpha value is -2.11. The molecule has 0 aliphatic carbocycles. The molecule has 1 aromatic rings. The molecule has 1 aromatic heterocycles. The molecule has 0 aromatic carbocycles. The van der Waals surface area contributed by atoms with Crippen LogP contribution >= 0.6 is 0 Å². The van der Waals surface area contributed by atoms with Crippen molar-refractivity contribution in [2.75, 3.05) is 20.2 Å². The van der Waals surface area contributed by atoms with E-state index in [4.69, 9.17) is 4.74 Å². The fourth-order valence-corrected chi connectivity index (χ4v) is 2.32. The number of aromatic nitrogens is 1. The highest BCUT2D eigenvalue weighted by molar-refractivity contribution is 5.95. The zero-order chi connectivity index (χ0) is 14.0. The Morgan fingerprint density at radius 2 is 2.16 bits per heavy atom. The van der Waals surface area contributed by atoms with E-state index < -0.39 is 0 Å². The first-order chi connectivity index (χ1) is 9.02. The fraction of sp³-hybridized carbons (Fsp3) is 0.462. The lowest BCUT2D eigenvalue weighted by molar-refractivity contribution is -0.146. The van der Waals surface area contributed by atoms with Crippen LogP contribution in [0.15, 0.2) is 18.5 Å². The van der Waals surface area contributed by atoms with E-state index in [2.05, 4.69) is 4.98 Å². The molecule has 2 atom stereocenters. The summed E-state index contributed by atoms with van der Waals surface area (Å²) >= 11 is 0. The molecular formula is C13H16N2O4. The molecule has 0 saturated carbocycles. The van der Waals surface area contributed by atoms with Gasteiger partial charge in [0.25, 0.3) is 5.91 Å². The Labute approximate surface area is 111 Å². The smallest absolute Gasteiger partial charge is 0.310 e. The van der Waals surface area contributed by atoms with Gasteiger partial charge in [0, 0.05) is 19.3 Å². The maximum atomic E-state index is 12.2. The van der Waals surface area contributed by atoms with Crippen LogP contribution in [0.2, 0.25) is 0 Å². The number of hydrogen-bond acceptors (Lipinski definition) is 5. The van der Waals surface area contributed by atoms with Gasteiger partial charge in [-0.1, -0.05) is 6.92 Å². The second kappa shape index (κ2) is 5.26. The van der Waals surface area contributed by atoms with Gasteiger partial charge in [0.1, 0.15) is 5.75 Å². The maximum Gasteiger partial charge on any atom is 0.310 e. The Bertz CT molecular complexity index is 503. The number of amides is 1. The Balaban J connectivity index is 2.12. The standard InChI is InChI=1S/C13H16N2O4/c1-8-6-15(7-11(8)13(18)19-2)12(17)9-3-10(16)5-14-4-9/h3-5,8,11,16H,6-7H2,1-2H3. The van der Waals surface area contributed by atoms with Crippen molar-refractivity contribution < 1.29 is 19.4 Å². The van der Waals surface area contributed by atoms with Crippen molar-refractivity contribution in [1.82, 2.24) is 9.88 Å². The normalized spacial score (nSPS) is 22.3. The van der Waals surface area contributed by atoms with Gasteiger partial charge in [-0.15, -0.1) is 0 Å². The third-order valence-corrected chi connectivity index (χ3v) is 3.37. The van der Waals surface area contributed by atoms with Crippen molar-refractivity contribution in [3.05, 3.63) is 24.0 Å². The molecule has 1 saturated heterocycles. The van der Waals surface area contributed by atoms with Crippen molar-refractivity contribution in [2.45, 2.75) is 6.92 Å². The van der Waals surface area contributed by atoms with Crippen LogP contribution in [0, 0.1) is 11.8 Å². The van der Waals surface area contributed by atoms with Crippen molar-refractivity contribution in [2.24, 2.45) is 11.8 Å². The number of ether oxygens (including phenoxy) is 1. The lowest BCUT2D eigenvalue weighted by atomic mass is 9.99. The molecule has 1 aliphatic heterocycles. The van der Waals surface area contributed by atoms with Gasteiger partial charge in [-0.3, -0.25) is 14.6 Å². The minimum Gasteiger partial charge on any atom is -0.506 e. The van der Waals surface area contributed by atoms with Crippen LogP contribution in [-0.4, -0.2) is 47.1 Å². The number of carbonyl (C=O) groups excluding carboxylic acids is 2. The molecular weight excluding hydrogens is 248 g/mol. The largest absolute Gasteiger partial charge is 0.506 e. The number of rotatable bonds is 2. The van der Waals surface area contributed by atoms with E-state index in [1.165, 1.54) is 25.6 Å². The number of carbonyl (C=O) groups is 2. The molecule has 1 amide bonds. The Morgan fingerprint density at radius 1 is 1.42 bits per heavy atom. The average Bonchev–Trinajstić information content (AvgIpc) is 2.79. The SMILES string of the molecule is COC(=O)C1CN(C(=O)c2cncc(O)c2)CC1C. The first-order valence-corrected chi connectivity index (χ1v) is 6.04. The predicted octanol–water partition coefficient (Wildman–Crippen LogP) is 0.668. The fourth-order valence-electron chi connectivity index (χ4n) is 2.32. The van der Waals surface area contributed by atoms with Crippen LogP contribution < -0.4 is 0 Å². The summed E-state index contributed by atoms with van der Waals surface area (Å²) in [5.41, 5.74) is 0.317. The lowest BCUT2D eigenvalue weighted by Crippen LogP contribution is -2.30. The van der Waals surface area contributed by atoms with Gasteiger partial charge in [0.05, 0.1) is 24.8 Å². The maximum absolute atomic E-state index is 12.2. The molecule has 0 bridgehead atoms. The summed E-state index contributed by atoms with van der Waals surface area (Å²) in [5, 5.41) is 9.33. The number of hydrogen-bond donors (Lipinski definition) is 1. The molecule has 1 N–H and O–H groups in total. The topological polar surface area (TPSA) is 79.7 Å². The van der Waals surface area contributed by atoms with Crippen LogP contribution in [0.1, 0.15) is 17.3 Å². The zero-order valence-corrected chi connectivity index (χ0v) is 10.9. The quantitative estimate of drug-likeness (QED) is 0.794. The third-order valence-electron chi connectivity index (χ3n) is 3.37. The Morgan fingerprint density at radius 3 is 2.79 bits per heavy atom. The van der Waals surface area contributed by atoms with Gasteiger partial charge < -0.3 is 14.7 Å². The Kier molecular flexibility index (Phi) is 3.69. The van der Waals surface area contributed by atoms with Gasteiger partial charge in [-0.25, -0.2) is 0 Å². The summed E-state index contributed by atoms with van der Waals surface area (Å²) in [5.74, 6) is -0.818. The number of pyridine rings is 1. The highest BCUT2D eigenvalue weighted by Gasteiger charge is 2.37. The van der Waals surface area contributed by atoms with Crippen molar-refractivity contribution in [3.8, 4) is 5.75 Å². The van der Waals surface area contributed by atoms with Crippen molar-refractivity contribution in [3.63, 3.8) is 0 Å². The molecule has 6 nitrogen and oxygen atoms in total. The molecule has 19 heavy (non-hydrogen) atoms. The van der Waals surface area contributed by atoms with E-state index in [9.17, 15) is 14.7 Å². The van der Waals surface area contributed by atoms with Gasteiger partial charge in [-0.05, 0) is 12.0 Å². The average molecular weight is 264 g/mol. The van der Waals surface area contributed by atoms with Crippen LogP contribution in [0.25, 0.3) is 0 Å². The molecule has 2 rings (SSSR count). The van der Waals surface area contributed by atoms with Gasteiger partial charge in [0.2, 0.25) is 0 Å². The molecule has 1 aliphatic rings. The number of methoxy groups -OCH3 is 1.